The second-order valence-corrected chi connectivity index (χ2v) is 10.4. The Kier molecular flexibility index (Phi) is 7.26. The summed E-state index contributed by atoms with van der Waals surface area (Å²) < 4.78 is 69.1. The third-order valence-electron chi connectivity index (χ3n) is 5.17. The Balaban J connectivity index is 2.01. The number of halogens is 3. The van der Waals surface area contributed by atoms with Crippen LogP contribution in [0.15, 0.2) is 52.5 Å². The highest BCUT2D eigenvalue weighted by Crippen LogP contribution is 2.36. The van der Waals surface area contributed by atoms with Gasteiger partial charge in [-0.2, -0.15) is 17.5 Å². The first-order chi connectivity index (χ1) is 15.0. The first kappa shape index (κ1) is 24.6. The lowest BCUT2D eigenvalue weighted by atomic mass is 10.1. The average molecular weight is 486 g/mol. The van der Waals surface area contributed by atoms with Gasteiger partial charge in [-0.3, -0.25) is 0 Å². The van der Waals surface area contributed by atoms with E-state index in [-0.39, 0.29) is 22.3 Å². The highest BCUT2D eigenvalue weighted by Gasteiger charge is 2.33. The minimum atomic E-state index is -4.43. The van der Waals surface area contributed by atoms with Crippen molar-refractivity contribution in [3.63, 3.8) is 0 Å². The predicted octanol–water partition coefficient (Wildman–Crippen LogP) is 5.96. The zero-order valence-electron chi connectivity index (χ0n) is 18.3. The van der Waals surface area contributed by atoms with Crippen LogP contribution in [-0.2, 0) is 22.0 Å². The molecule has 0 saturated carbocycles. The molecule has 0 saturated heterocycles. The van der Waals surface area contributed by atoms with Crippen LogP contribution >= 0.6 is 11.8 Å². The highest BCUT2D eigenvalue weighted by molar-refractivity contribution is 7.98. The second-order valence-electron chi connectivity index (χ2n) is 7.54. The molecule has 0 fully saturated rings. The van der Waals surface area contributed by atoms with Gasteiger partial charge in [0.15, 0.2) is 5.16 Å². The Labute approximate surface area is 190 Å². The second kappa shape index (κ2) is 9.44. The minimum absolute atomic E-state index is 0.00870. The van der Waals surface area contributed by atoms with Crippen LogP contribution in [0.5, 0.6) is 0 Å². The molecule has 5 nitrogen and oxygen atoms in total. The zero-order valence-corrected chi connectivity index (χ0v) is 20.0. The number of nitrogens with zero attached hydrogens (tertiary/aromatic N) is 3. The van der Waals surface area contributed by atoms with E-state index in [1.165, 1.54) is 34.3 Å². The van der Waals surface area contributed by atoms with Crippen molar-refractivity contribution < 1.29 is 21.6 Å². The van der Waals surface area contributed by atoms with Crippen LogP contribution in [-0.4, -0.2) is 35.4 Å². The van der Waals surface area contributed by atoms with E-state index in [2.05, 4.69) is 4.98 Å². The van der Waals surface area contributed by atoms with E-state index in [0.717, 1.165) is 11.6 Å². The number of sulfonamides is 1. The van der Waals surface area contributed by atoms with Crippen molar-refractivity contribution in [2.45, 2.75) is 55.7 Å². The Hall–Kier alpha value is -2.04. The van der Waals surface area contributed by atoms with Crippen LogP contribution in [0.4, 0.5) is 13.2 Å². The standard InChI is InChI=1S/C22H26F3N3O2S2/c1-5-27(6-2)32(29,30)17-11-12-20-19(13-17)26-21(28(20)15(3)4)31-14-16-9-7-8-10-18(16)22(23,24)25/h7-13,15H,5-6,14H2,1-4H3. The summed E-state index contributed by atoms with van der Waals surface area (Å²) in [4.78, 5) is 4.74. The monoisotopic (exact) mass is 485 g/mol. The molecule has 0 aliphatic carbocycles. The quantitative estimate of drug-likeness (QED) is 0.370. The SMILES string of the molecule is CCN(CC)S(=O)(=O)c1ccc2c(c1)nc(SCc1ccccc1C(F)(F)F)n2C(C)C. The Bertz CT molecular complexity index is 1200. The maximum Gasteiger partial charge on any atom is 0.416 e. The van der Waals surface area contributed by atoms with Gasteiger partial charge in [-0.05, 0) is 43.7 Å². The van der Waals surface area contributed by atoms with Gasteiger partial charge in [0, 0.05) is 24.9 Å². The third-order valence-corrected chi connectivity index (χ3v) is 8.22. The molecule has 0 aliphatic rings. The predicted molar refractivity (Wildman–Crippen MR) is 121 cm³/mol. The van der Waals surface area contributed by atoms with Gasteiger partial charge in [-0.25, -0.2) is 13.4 Å². The van der Waals surface area contributed by atoms with Gasteiger partial charge in [0.1, 0.15) is 0 Å². The van der Waals surface area contributed by atoms with E-state index in [0.29, 0.717) is 23.8 Å². The molecule has 3 aromatic rings. The molecule has 174 valence electrons. The number of benzene rings is 2. The van der Waals surface area contributed by atoms with Crippen LogP contribution < -0.4 is 0 Å². The minimum Gasteiger partial charge on any atom is -0.316 e. The van der Waals surface area contributed by atoms with E-state index < -0.39 is 21.8 Å². The lowest BCUT2D eigenvalue weighted by molar-refractivity contribution is -0.138. The average Bonchev–Trinajstić information content (AvgIpc) is 3.10. The molecule has 10 heteroatoms. The number of aromatic nitrogens is 2. The Morgan fingerprint density at radius 3 is 2.34 bits per heavy atom. The summed E-state index contributed by atoms with van der Waals surface area (Å²) >= 11 is 1.21. The van der Waals surface area contributed by atoms with Gasteiger partial charge < -0.3 is 4.57 Å². The number of alkyl halides is 3. The molecule has 3 rings (SSSR count). The molecule has 0 N–H and O–H groups in total. The maximum atomic E-state index is 13.3. The third kappa shape index (κ3) is 4.82. The normalized spacial score (nSPS) is 12.9. The van der Waals surface area contributed by atoms with Crippen molar-refractivity contribution in [1.29, 1.82) is 0 Å². The largest absolute Gasteiger partial charge is 0.416 e. The highest BCUT2D eigenvalue weighted by atomic mass is 32.2. The van der Waals surface area contributed by atoms with Crippen molar-refractivity contribution >= 4 is 32.8 Å². The zero-order chi connectivity index (χ0) is 23.7. The molecule has 1 heterocycles. The van der Waals surface area contributed by atoms with Gasteiger partial charge in [-0.15, -0.1) is 0 Å². The summed E-state index contributed by atoms with van der Waals surface area (Å²) in [7, 11) is -3.64. The molecule has 0 radical (unpaired) electrons. The van der Waals surface area contributed by atoms with Gasteiger partial charge in [0.2, 0.25) is 10.0 Å². The van der Waals surface area contributed by atoms with Crippen LogP contribution in [0.1, 0.15) is 44.9 Å². The Morgan fingerprint density at radius 2 is 1.75 bits per heavy atom. The molecular formula is C22H26F3N3O2S2. The molecule has 0 unspecified atom stereocenters. The van der Waals surface area contributed by atoms with Gasteiger partial charge in [0.25, 0.3) is 0 Å². The molecular weight excluding hydrogens is 459 g/mol. The number of hydrogen-bond acceptors (Lipinski definition) is 4. The van der Waals surface area contributed by atoms with Crippen molar-refractivity contribution in [3.8, 4) is 0 Å². The summed E-state index contributed by atoms with van der Waals surface area (Å²) in [6.07, 6.45) is -4.43. The molecule has 32 heavy (non-hydrogen) atoms. The number of rotatable bonds is 8. The number of thioether (sulfide) groups is 1. The molecule has 0 bridgehead atoms. The molecule has 0 spiro atoms. The smallest absolute Gasteiger partial charge is 0.316 e. The van der Waals surface area contributed by atoms with Gasteiger partial charge >= 0.3 is 6.18 Å². The van der Waals surface area contributed by atoms with Crippen molar-refractivity contribution in [2.24, 2.45) is 0 Å². The maximum absolute atomic E-state index is 13.3. The van der Waals surface area contributed by atoms with E-state index in [1.54, 1.807) is 32.0 Å². The van der Waals surface area contributed by atoms with E-state index in [9.17, 15) is 21.6 Å². The van der Waals surface area contributed by atoms with Crippen LogP contribution in [0.25, 0.3) is 11.0 Å². The summed E-state index contributed by atoms with van der Waals surface area (Å²) in [5.41, 5.74) is 0.758. The fourth-order valence-corrected chi connectivity index (χ4v) is 6.22. The first-order valence-electron chi connectivity index (χ1n) is 10.3. The molecule has 2 aromatic carbocycles. The Morgan fingerprint density at radius 1 is 1.09 bits per heavy atom. The molecule has 0 aliphatic heterocycles. The number of hydrogen-bond donors (Lipinski definition) is 0. The summed E-state index contributed by atoms with van der Waals surface area (Å²) in [6.45, 7) is 8.18. The van der Waals surface area contributed by atoms with Gasteiger partial charge in [0.05, 0.1) is 21.5 Å². The lowest BCUT2D eigenvalue weighted by Crippen LogP contribution is -2.30. The fraction of sp³-hybridized carbons (Fsp3) is 0.409. The lowest BCUT2D eigenvalue weighted by Gasteiger charge is -2.18. The molecule has 0 amide bonds. The number of imidazole rings is 1. The molecule has 0 atom stereocenters. The van der Waals surface area contributed by atoms with Crippen LogP contribution in [0.3, 0.4) is 0 Å². The fourth-order valence-electron chi connectivity index (χ4n) is 3.60. The van der Waals surface area contributed by atoms with E-state index in [4.69, 9.17) is 0 Å². The van der Waals surface area contributed by atoms with Crippen molar-refractivity contribution in [1.82, 2.24) is 13.9 Å². The van der Waals surface area contributed by atoms with Gasteiger partial charge in [-0.1, -0.05) is 43.8 Å². The first-order valence-corrected chi connectivity index (χ1v) is 12.7. The van der Waals surface area contributed by atoms with E-state index in [1.807, 2.05) is 18.4 Å². The van der Waals surface area contributed by atoms with Crippen molar-refractivity contribution in [2.75, 3.05) is 13.1 Å². The van der Waals surface area contributed by atoms with Crippen LogP contribution in [0, 0.1) is 0 Å². The van der Waals surface area contributed by atoms with E-state index >= 15 is 0 Å². The summed E-state index contributed by atoms with van der Waals surface area (Å²) in [6, 6.07) is 10.3. The number of fused-ring (bicyclic) bond motifs is 1. The molecule has 1 aromatic heterocycles. The van der Waals surface area contributed by atoms with Crippen molar-refractivity contribution in [3.05, 3.63) is 53.6 Å². The topological polar surface area (TPSA) is 55.2 Å². The summed E-state index contributed by atoms with van der Waals surface area (Å²) in [5.74, 6) is 0.0936. The van der Waals surface area contributed by atoms with Crippen LogP contribution in [0.2, 0.25) is 0 Å². The summed E-state index contributed by atoms with van der Waals surface area (Å²) in [5, 5.41) is 0.546.